The number of nitrogens with zero attached hydrogens (tertiary/aromatic N) is 1. The van der Waals surface area contributed by atoms with Gasteiger partial charge in [-0.1, -0.05) is 5.16 Å². The fraction of sp³-hybridized carbons (Fsp3) is 0.875. The van der Waals surface area contributed by atoms with E-state index in [-0.39, 0.29) is 18.0 Å². The number of nitrogens with two attached hydrogens (primary N) is 1. The van der Waals surface area contributed by atoms with Crippen LogP contribution in [-0.4, -0.2) is 36.5 Å². The quantitative estimate of drug-likeness (QED) is 0.278. The van der Waals surface area contributed by atoms with Crippen molar-refractivity contribution in [3.05, 3.63) is 0 Å². The summed E-state index contributed by atoms with van der Waals surface area (Å²) in [4.78, 5) is 0. The maximum atomic E-state index is 8.35. The molecule has 5 nitrogen and oxygen atoms in total. The number of rotatable bonds is 6. The minimum Gasteiger partial charge on any atom is -0.409 e. The van der Waals surface area contributed by atoms with Crippen molar-refractivity contribution < 1.29 is 14.7 Å². The topological polar surface area (TPSA) is 77.1 Å². The van der Waals surface area contributed by atoms with Crippen LogP contribution in [0.15, 0.2) is 5.16 Å². The van der Waals surface area contributed by atoms with Gasteiger partial charge in [-0.05, 0) is 20.8 Å². The van der Waals surface area contributed by atoms with E-state index in [2.05, 4.69) is 5.16 Å². The molecule has 0 fully saturated rings. The Hall–Kier alpha value is -0.810. The van der Waals surface area contributed by atoms with Crippen LogP contribution in [0.25, 0.3) is 0 Å². The van der Waals surface area contributed by atoms with E-state index in [4.69, 9.17) is 20.4 Å². The lowest BCUT2D eigenvalue weighted by atomic mass is 10.3. The molecule has 0 aliphatic carbocycles. The highest BCUT2D eigenvalue weighted by Crippen LogP contribution is 1.98. The van der Waals surface area contributed by atoms with E-state index < -0.39 is 0 Å². The van der Waals surface area contributed by atoms with Crippen molar-refractivity contribution >= 4 is 5.84 Å². The van der Waals surface area contributed by atoms with E-state index >= 15 is 0 Å². The lowest BCUT2D eigenvalue weighted by molar-refractivity contribution is -0.0175. The maximum absolute atomic E-state index is 8.35. The molecule has 78 valence electrons. The van der Waals surface area contributed by atoms with Gasteiger partial charge in [0.25, 0.3) is 0 Å². The summed E-state index contributed by atoms with van der Waals surface area (Å²) in [5.74, 6) is 0.0725. The average Bonchev–Trinajstić information content (AvgIpc) is 2.13. The normalized spacial score (nSPS) is 17.0. The monoisotopic (exact) mass is 190 g/mol. The van der Waals surface area contributed by atoms with Gasteiger partial charge in [-0.3, -0.25) is 0 Å². The Kier molecular flexibility index (Phi) is 6.26. The molecule has 0 bridgehead atoms. The Morgan fingerprint density at radius 3 is 2.62 bits per heavy atom. The molecule has 5 heteroatoms. The van der Waals surface area contributed by atoms with Gasteiger partial charge in [-0.2, -0.15) is 0 Å². The van der Waals surface area contributed by atoms with Crippen LogP contribution in [0.3, 0.4) is 0 Å². The lowest BCUT2D eigenvalue weighted by Crippen LogP contribution is -2.33. The second-order valence-corrected chi connectivity index (χ2v) is 2.77. The highest BCUT2D eigenvalue weighted by atomic mass is 16.5. The summed E-state index contributed by atoms with van der Waals surface area (Å²) in [6, 6.07) is 0. The van der Waals surface area contributed by atoms with Crippen molar-refractivity contribution in [2.45, 2.75) is 33.0 Å². The van der Waals surface area contributed by atoms with Gasteiger partial charge in [0.05, 0.1) is 12.7 Å². The SMILES string of the molecule is CCOCC(C)OC(C)C(N)=NO. The largest absolute Gasteiger partial charge is 0.409 e. The van der Waals surface area contributed by atoms with Crippen molar-refractivity contribution in [1.82, 2.24) is 0 Å². The Morgan fingerprint density at radius 2 is 2.15 bits per heavy atom. The number of amidine groups is 1. The van der Waals surface area contributed by atoms with Gasteiger partial charge in [-0.25, -0.2) is 0 Å². The van der Waals surface area contributed by atoms with Crippen LogP contribution in [0.1, 0.15) is 20.8 Å². The molecule has 0 aromatic carbocycles. The Balaban J connectivity index is 3.71. The fourth-order valence-electron chi connectivity index (χ4n) is 0.823. The van der Waals surface area contributed by atoms with Gasteiger partial charge < -0.3 is 20.4 Å². The molecule has 2 atom stereocenters. The highest BCUT2D eigenvalue weighted by molar-refractivity contribution is 5.83. The van der Waals surface area contributed by atoms with E-state index in [1.165, 1.54) is 0 Å². The fourth-order valence-corrected chi connectivity index (χ4v) is 0.823. The minimum atomic E-state index is -0.388. The first-order valence-electron chi connectivity index (χ1n) is 4.32. The predicted octanol–water partition coefficient (Wildman–Crippen LogP) is 0.563. The van der Waals surface area contributed by atoms with Crippen LogP contribution in [0.5, 0.6) is 0 Å². The van der Waals surface area contributed by atoms with Gasteiger partial charge >= 0.3 is 0 Å². The first-order chi connectivity index (χ1) is 6.11. The molecule has 13 heavy (non-hydrogen) atoms. The van der Waals surface area contributed by atoms with Crippen LogP contribution < -0.4 is 5.73 Å². The second kappa shape index (κ2) is 6.68. The van der Waals surface area contributed by atoms with Crippen molar-refractivity contribution in [3.63, 3.8) is 0 Å². The smallest absolute Gasteiger partial charge is 0.168 e. The van der Waals surface area contributed by atoms with Crippen molar-refractivity contribution in [3.8, 4) is 0 Å². The van der Waals surface area contributed by atoms with E-state index in [0.29, 0.717) is 13.2 Å². The van der Waals surface area contributed by atoms with Gasteiger partial charge in [0.1, 0.15) is 6.10 Å². The van der Waals surface area contributed by atoms with Crippen molar-refractivity contribution in [2.75, 3.05) is 13.2 Å². The first kappa shape index (κ1) is 12.2. The molecule has 0 spiro atoms. The molecular weight excluding hydrogens is 172 g/mol. The molecule has 0 aromatic rings. The maximum Gasteiger partial charge on any atom is 0.168 e. The zero-order valence-electron chi connectivity index (χ0n) is 8.36. The van der Waals surface area contributed by atoms with Gasteiger partial charge in [0, 0.05) is 6.61 Å². The third-order valence-corrected chi connectivity index (χ3v) is 1.53. The predicted molar refractivity (Wildman–Crippen MR) is 49.9 cm³/mol. The Morgan fingerprint density at radius 1 is 1.54 bits per heavy atom. The second-order valence-electron chi connectivity index (χ2n) is 2.77. The lowest BCUT2D eigenvalue weighted by Gasteiger charge is -2.17. The van der Waals surface area contributed by atoms with Crippen LogP contribution in [-0.2, 0) is 9.47 Å². The Labute approximate surface area is 78.5 Å². The average molecular weight is 190 g/mol. The van der Waals surface area contributed by atoms with Gasteiger partial charge in [0.2, 0.25) is 0 Å². The molecule has 0 amide bonds. The van der Waals surface area contributed by atoms with Gasteiger partial charge in [-0.15, -0.1) is 0 Å². The molecule has 0 aliphatic heterocycles. The third-order valence-electron chi connectivity index (χ3n) is 1.53. The summed E-state index contributed by atoms with van der Waals surface area (Å²) in [7, 11) is 0. The summed E-state index contributed by atoms with van der Waals surface area (Å²) in [6.45, 7) is 6.68. The third kappa shape index (κ3) is 5.43. The molecule has 0 heterocycles. The number of hydrogen-bond donors (Lipinski definition) is 2. The van der Waals surface area contributed by atoms with Crippen molar-refractivity contribution in [1.29, 1.82) is 0 Å². The summed E-state index contributed by atoms with van der Waals surface area (Å²) >= 11 is 0. The van der Waals surface area contributed by atoms with Crippen LogP contribution >= 0.6 is 0 Å². The summed E-state index contributed by atoms with van der Waals surface area (Å²) in [5.41, 5.74) is 5.33. The molecule has 0 aromatic heterocycles. The van der Waals surface area contributed by atoms with E-state index in [9.17, 15) is 0 Å². The van der Waals surface area contributed by atoms with Gasteiger partial charge in [0.15, 0.2) is 5.84 Å². The molecule has 0 rings (SSSR count). The minimum absolute atomic E-state index is 0.0600. The van der Waals surface area contributed by atoms with E-state index in [1.807, 2.05) is 13.8 Å². The molecule has 3 N–H and O–H groups in total. The first-order valence-corrected chi connectivity index (χ1v) is 4.32. The van der Waals surface area contributed by atoms with Crippen molar-refractivity contribution in [2.24, 2.45) is 10.9 Å². The molecule has 0 saturated carbocycles. The summed E-state index contributed by atoms with van der Waals surface area (Å²) < 4.78 is 10.5. The zero-order chi connectivity index (χ0) is 10.3. The summed E-state index contributed by atoms with van der Waals surface area (Å²) in [5, 5.41) is 11.2. The molecular formula is C8H18N2O3. The summed E-state index contributed by atoms with van der Waals surface area (Å²) in [6.07, 6.45) is -0.448. The molecule has 2 unspecified atom stereocenters. The number of oxime groups is 1. The molecule has 0 saturated heterocycles. The molecule has 0 radical (unpaired) electrons. The van der Waals surface area contributed by atoms with E-state index in [1.54, 1.807) is 6.92 Å². The molecule has 0 aliphatic rings. The number of ether oxygens (including phenoxy) is 2. The Bertz CT molecular complexity index is 161. The standard InChI is InChI=1S/C8H18N2O3/c1-4-12-5-6(2)13-7(3)8(9)10-11/h6-7,11H,4-5H2,1-3H3,(H2,9,10). The van der Waals surface area contributed by atoms with Crippen LogP contribution in [0, 0.1) is 0 Å². The van der Waals surface area contributed by atoms with Crippen LogP contribution in [0.2, 0.25) is 0 Å². The number of hydrogen-bond acceptors (Lipinski definition) is 4. The van der Waals surface area contributed by atoms with Crippen LogP contribution in [0.4, 0.5) is 0 Å². The zero-order valence-corrected chi connectivity index (χ0v) is 8.36. The highest BCUT2D eigenvalue weighted by Gasteiger charge is 2.12. The van der Waals surface area contributed by atoms with E-state index in [0.717, 1.165) is 0 Å².